The number of amidine groups is 1. The molecule has 7 heteroatoms. The summed E-state index contributed by atoms with van der Waals surface area (Å²) >= 11 is 0. The van der Waals surface area contributed by atoms with Crippen LogP contribution in [0.2, 0.25) is 0 Å². The molecule has 2 aliphatic carbocycles. The first kappa shape index (κ1) is 19.6. The van der Waals surface area contributed by atoms with Crippen LogP contribution in [0.5, 0.6) is 0 Å². The number of hydrogen-bond donors (Lipinski definition) is 0. The lowest BCUT2D eigenvalue weighted by Gasteiger charge is -2.26. The second kappa shape index (κ2) is 7.08. The Labute approximate surface area is 193 Å². The molecule has 1 saturated heterocycles. The summed E-state index contributed by atoms with van der Waals surface area (Å²) in [6, 6.07) is 9.15. The molecule has 4 unspecified atom stereocenters. The van der Waals surface area contributed by atoms with Gasteiger partial charge in [0.25, 0.3) is 0 Å². The van der Waals surface area contributed by atoms with Crippen molar-refractivity contribution in [3.8, 4) is 0 Å². The fourth-order valence-electron chi connectivity index (χ4n) is 5.31. The monoisotopic (exact) mass is 456 g/mol. The highest BCUT2D eigenvalue weighted by Crippen LogP contribution is 2.41. The maximum atomic E-state index is 14.2. The van der Waals surface area contributed by atoms with Crippen molar-refractivity contribution in [2.75, 3.05) is 0 Å². The van der Waals surface area contributed by atoms with Crippen LogP contribution in [0, 0.1) is 11.6 Å². The molecule has 5 nitrogen and oxygen atoms in total. The molecule has 0 bridgehead atoms. The van der Waals surface area contributed by atoms with Crippen molar-refractivity contribution < 1.29 is 23.0 Å². The zero-order chi connectivity index (χ0) is 23.0. The predicted octanol–water partition coefficient (Wildman–Crippen LogP) is 2.70. The molecule has 1 fully saturated rings. The number of epoxide rings is 1. The van der Waals surface area contributed by atoms with Crippen molar-refractivity contribution in [1.29, 1.82) is 0 Å². The van der Waals surface area contributed by atoms with E-state index >= 15 is 0 Å². The van der Waals surface area contributed by atoms with Gasteiger partial charge in [-0.25, -0.2) is 13.6 Å². The number of allylic oxidation sites excluding steroid dienone is 2. The van der Waals surface area contributed by atoms with Gasteiger partial charge < -0.3 is 14.4 Å². The molecule has 2 aromatic carbocycles. The van der Waals surface area contributed by atoms with Crippen LogP contribution >= 0.6 is 0 Å². The second-order valence-electron chi connectivity index (χ2n) is 8.76. The number of halogens is 2. The molecule has 4 atom stereocenters. The standard InChI is InChI=1S/C27H18F2N2O3/c28-17-9-5-10-18(29)23(17)27(32)33-21-13-4-7-15-22-14(21)6-3-8-16(22)25-30-19-11-1-2-12-20(19)31(25)26-24(15)34-26/h1-12,19-20,24,26H,13H2. The van der Waals surface area contributed by atoms with Gasteiger partial charge in [0.2, 0.25) is 0 Å². The topological polar surface area (TPSA) is 54.4 Å². The minimum Gasteiger partial charge on any atom is -0.426 e. The lowest BCUT2D eigenvalue weighted by molar-refractivity contribution is 0.0672. The Morgan fingerprint density at radius 1 is 1.09 bits per heavy atom. The van der Waals surface area contributed by atoms with E-state index in [1.165, 1.54) is 6.07 Å². The summed E-state index contributed by atoms with van der Waals surface area (Å²) in [5, 5.41) is 1.58. The van der Waals surface area contributed by atoms with E-state index in [9.17, 15) is 13.6 Å². The summed E-state index contributed by atoms with van der Waals surface area (Å²) in [6.07, 6.45) is 12.2. The third-order valence-corrected chi connectivity index (χ3v) is 6.84. The third-order valence-electron chi connectivity index (χ3n) is 6.84. The maximum Gasteiger partial charge on any atom is 0.349 e. The van der Waals surface area contributed by atoms with E-state index in [0.717, 1.165) is 34.3 Å². The summed E-state index contributed by atoms with van der Waals surface area (Å²) in [5.41, 5.74) is 1.22. The molecule has 2 aromatic rings. The van der Waals surface area contributed by atoms with Gasteiger partial charge >= 0.3 is 5.97 Å². The summed E-state index contributed by atoms with van der Waals surface area (Å²) in [7, 11) is 0. The summed E-state index contributed by atoms with van der Waals surface area (Å²) in [6.45, 7) is 0. The van der Waals surface area contributed by atoms with Crippen molar-refractivity contribution in [2.24, 2.45) is 4.99 Å². The van der Waals surface area contributed by atoms with E-state index < -0.39 is 23.2 Å². The van der Waals surface area contributed by atoms with E-state index in [4.69, 9.17) is 14.5 Å². The normalized spacial score (nSPS) is 27.2. The van der Waals surface area contributed by atoms with Crippen molar-refractivity contribution in [3.63, 3.8) is 0 Å². The Hall–Kier alpha value is -3.84. The van der Waals surface area contributed by atoms with Gasteiger partial charge in [-0.3, -0.25) is 4.99 Å². The average Bonchev–Trinajstić information content (AvgIpc) is 3.56. The van der Waals surface area contributed by atoms with Gasteiger partial charge in [-0.15, -0.1) is 0 Å². The van der Waals surface area contributed by atoms with Crippen LogP contribution in [0.25, 0.3) is 11.3 Å². The highest BCUT2D eigenvalue weighted by molar-refractivity contribution is 6.03. The fourth-order valence-corrected chi connectivity index (χ4v) is 5.31. The molecule has 3 aliphatic heterocycles. The molecule has 0 N–H and O–H groups in total. The molecule has 168 valence electrons. The Morgan fingerprint density at radius 2 is 1.88 bits per heavy atom. The van der Waals surface area contributed by atoms with E-state index in [1.807, 2.05) is 42.5 Å². The zero-order valence-corrected chi connectivity index (χ0v) is 17.8. The molecule has 5 aliphatic rings. The van der Waals surface area contributed by atoms with Crippen LogP contribution in [0.15, 0.2) is 77.8 Å². The number of carbonyl (C=O) groups is 1. The van der Waals surface area contributed by atoms with E-state index in [1.54, 1.807) is 0 Å². The number of benzene rings is 2. The van der Waals surface area contributed by atoms with Gasteiger partial charge in [-0.2, -0.15) is 0 Å². The van der Waals surface area contributed by atoms with Gasteiger partial charge in [0.1, 0.15) is 34.9 Å². The molecule has 0 radical (unpaired) electrons. The number of rotatable bonds is 2. The summed E-state index contributed by atoms with van der Waals surface area (Å²) < 4.78 is 40.2. The fraction of sp³-hybridized carbons (Fsp3) is 0.185. The molecule has 0 amide bonds. The first-order chi connectivity index (χ1) is 16.6. The number of carbonyl (C=O) groups excluding carboxylic acids is 1. The Balaban J connectivity index is 1.42. The van der Waals surface area contributed by atoms with E-state index in [-0.39, 0.29) is 24.4 Å². The summed E-state index contributed by atoms with van der Waals surface area (Å²) in [4.78, 5) is 20.0. The van der Waals surface area contributed by atoms with E-state index in [2.05, 4.69) is 17.1 Å². The van der Waals surface area contributed by atoms with Crippen LogP contribution in [-0.4, -0.2) is 41.1 Å². The van der Waals surface area contributed by atoms with Crippen LogP contribution in [-0.2, 0) is 9.47 Å². The zero-order valence-electron chi connectivity index (χ0n) is 17.8. The SMILES string of the molecule is O=C(OC1=c2cccc3c2=C(C=CC1)C1OC1N1C3=NC2C=CC=CC21)c1c(F)cccc1F. The molecule has 3 heterocycles. The molecule has 34 heavy (non-hydrogen) atoms. The largest absolute Gasteiger partial charge is 0.426 e. The molecular weight excluding hydrogens is 438 g/mol. The van der Waals surface area contributed by atoms with Gasteiger partial charge in [0.05, 0.1) is 12.1 Å². The molecular formula is C27H18F2N2O3. The van der Waals surface area contributed by atoms with Crippen LogP contribution < -0.4 is 10.4 Å². The lowest BCUT2D eigenvalue weighted by Crippen LogP contribution is -2.43. The minimum absolute atomic E-state index is 0.00823. The smallest absolute Gasteiger partial charge is 0.349 e. The lowest BCUT2D eigenvalue weighted by atomic mass is 10.0. The quantitative estimate of drug-likeness (QED) is 0.515. The van der Waals surface area contributed by atoms with Crippen molar-refractivity contribution >= 4 is 23.1 Å². The number of ether oxygens (including phenoxy) is 2. The molecule has 0 aromatic heterocycles. The number of fused-ring (bicyclic) bond motifs is 7. The third kappa shape index (κ3) is 2.73. The van der Waals surface area contributed by atoms with Gasteiger partial charge in [0.15, 0.2) is 6.23 Å². The minimum atomic E-state index is -1.06. The molecule has 0 saturated carbocycles. The van der Waals surface area contributed by atoms with Crippen molar-refractivity contribution in [3.05, 3.63) is 106 Å². The van der Waals surface area contributed by atoms with Crippen LogP contribution in [0.4, 0.5) is 8.78 Å². The maximum absolute atomic E-state index is 14.2. The van der Waals surface area contributed by atoms with E-state index in [0.29, 0.717) is 17.4 Å². The van der Waals surface area contributed by atoms with Crippen molar-refractivity contribution in [1.82, 2.24) is 4.90 Å². The average molecular weight is 456 g/mol. The Kier molecular flexibility index (Phi) is 4.08. The number of aliphatic imine (C=N–C) groups is 1. The highest BCUT2D eigenvalue weighted by atomic mass is 19.1. The van der Waals surface area contributed by atoms with Gasteiger partial charge in [0, 0.05) is 22.4 Å². The van der Waals surface area contributed by atoms with Gasteiger partial charge in [-0.05, 0) is 17.7 Å². The number of hydrogen-bond acceptors (Lipinski definition) is 5. The second-order valence-corrected chi connectivity index (χ2v) is 8.76. The first-order valence-corrected chi connectivity index (χ1v) is 11.2. The Morgan fingerprint density at radius 3 is 2.74 bits per heavy atom. The molecule has 0 spiro atoms. The van der Waals surface area contributed by atoms with Crippen molar-refractivity contribution in [2.45, 2.75) is 30.8 Å². The Bertz CT molecular complexity index is 1500. The first-order valence-electron chi connectivity index (χ1n) is 11.2. The molecule has 7 rings (SSSR count). The highest BCUT2D eigenvalue weighted by Gasteiger charge is 2.54. The van der Waals surface area contributed by atoms with Crippen LogP contribution in [0.1, 0.15) is 22.3 Å². The van der Waals surface area contributed by atoms with Gasteiger partial charge in [-0.1, -0.05) is 60.7 Å². The van der Waals surface area contributed by atoms with Crippen LogP contribution in [0.3, 0.4) is 0 Å². The predicted molar refractivity (Wildman–Crippen MR) is 121 cm³/mol. The number of esters is 1. The summed E-state index contributed by atoms with van der Waals surface area (Å²) in [5.74, 6) is -1.80. The number of nitrogens with zero attached hydrogens (tertiary/aromatic N) is 2.